The number of ketones is 1. The Balaban J connectivity index is 2.08. The minimum Gasteiger partial charge on any atom is -0.383 e. The summed E-state index contributed by atoms with van der Waals surface area (Å²) in [5.74, 6) is -1.05. The highest BCUT2D eigenvalue weighted by atomic mass is 32.2. The molecule has 9 heteroatoms. The van der Waals surface area contributed by atoms with Crippen LogP contribution in [0.4, 0.5) is 10.2 Å². The van der Waals surface area contributed by atoms with Crippen molar-refractivity contribution in [2.24, 2.45) is 5.14 Å². The van der Waals surface area contributed by atoms with Crippen molar-refractivity contribution < 1.29 is 17.6 Å². The molecule has 0 aliphatic heterocycles. The second-order valence-electron chi connectivity index (χ2n) is 5.20. The van der Waals surface area contributed by atoms with Gasteiger partial charge in [-0.3, -0.25) is 4.79 Å². The molecule has 0 fully saturated rings. The number of aromatic nitrogens is 2. The van der Waals surface area contributed by atoms with Crippen LogP contribution in [0.25, 0.3) is 5.69 Å². The number of benzene rings is 2. The van der Waals surface area contributed by atoms with E-state index in [9.17, 15) is 17.6 Å². The maximum Gasteiger partial charge on any atom is 0.238 e. The fourth-order valence-electron chi connectivity index (χ4n) is 2.37. The molecule has 0 aliphatic rings. The number of sulfonamides is 1. The Kier molecular flexibility index (Phi) is 4.11. The fourth-order valence-corrected chi connectivity index (χ4v) is 3.10. The number of halogens is 1. The van der Waals surface area contributed by atoms with Crippen LogP contribution in [0, 0.1) is 5.82 Å². The number of carbonyl (C=O) groups excluding carboxylic acids is 1. The van der Waals surface area contributed by atoms with E-state index in [0.29, 0.717) is 5.69 Å². The van der Waals surface area contributed by atoms with Gasteiger partial charge in [-0.05, 0) is 36.4 Å². The molecular formula is C16H13FN4O3S. The van der Waals surface area contributed by atoms with Crippen LogP contribution in [0.5, 0.6) is 0 Å². The first-order valence-corrected chi connectivity index (χ1v) is 8.59. The summed E-state index contributed by atoms with van der Waals surface area (Å²) in [6.07, 6.45) is 1.22. The lowest BCUT2D eigenvalue weighted by atomic mass is 10.1. The Morgan fingerprint density at radius 3 is 2.32 bits per heavy atom. The zero-order valence-electron chi connectivity index (χ0n) is 12.8. The smallest absolute Gasteiger partial charge is 0.238 e. The van der Waals surface area contributed by atoms with Gasteiger partial charge in [0, 0.05) is 5.56 Å². The highest BCUT2D eigenvalue weighted by Gasteiger charge is 2.23. The summed E-state index contributed by atoms with van der Waals surface area (Å²) < 4.78 is 37.6. The van der Waals surface area contributed by atoms with Crippen molar-refractivity contribution in [2.45, 2.75) is 4.90 Å². The van der Waals surface area contributed by atoms with Crippen molar-refractivity contribution in [3.8, 4) is 5.69 Å². The van der Waals surface area contributed by atoms with Crippen molar-refractivity contribution in [3.05, 3.63) is 71.7 Å². The molecular weight excluding hydrogens is 347 g/mol. The van der Waals surface area contributed by atoms with Crippen LogP contribution >= 0.6 is 0 Å². The van der Waals surface area contributed by atoms with Crippen molar-refractivity contribution in [1.82, 2.24) is 9.78 Å². The largest absolute Gasteiger partial charge is 0.383 e. The van der Waals surface area contributed by atoms with E-state index in [1.54, 1.807) is 0 Å². The number of hydrogen-bond donors (Lipinski definition) is 2. The third-order valence-corrected chi connectivity index (χ3v) is 4.53. The first kappa shape index (κ1) is 16.8. The topological polar surface area (TPSA) is 121 Å². The molecule has 128 valence electrons. The highest BCUT2D eigenvalue weighted by molar-refractivity contribution is 7.89. The van der Waals surface area contributed by atoms with E-state index < -0.39 is 21.6 Å². The van der Waals surface area contributed by atoms with Gasteiger partial charge in [0.05, 0.1) is 22.3 Å². The van der Waals surface area contributed by atoms with Gasteiger partial charge in [-0.2, -0.15) is 5.10 Å². The Labute approximate surface area is 142 Å². The lowest BCUT2D eigenvalue weighted by molar-refractivity contribution is 0.103. The molecule has 0 atom stereocenters. The van der Waals surface area contributed by atoms with E-state index in [0.717, 1.165) is 0 Å². The molecule has 0 radical (unpaired) electrons. The van der Waals surface area contributed by atoms with Crippen LogP contribution in [0.2, 0.25) is 0 Å². The summed E-state index contributed by atoms with van der Waals surface area (Å²) in [4.78, 5) is 12.4. The van der Waals surface area contributed by atoms with Crippen molar-refractivity contribution >= 4 is 21.6 Å². The molecule has 0 aliphatic carbocycles. The standard InChI is InChI=1S/C16H13FN4O3S/c17-10-5-7-11(8-6-10)21-16(18)13(9-20-21)15(22)12-3-1-2-4-14(12)25(19,23)24/h1-9H,18H2,(H2,19,23,24). The summed E-state index contributed by atoms with van der Waals surface area (Å²) in [6, 6.07) is 10.9. The zero-order chi connectivity index (χ0) is 18.2. The summed E-state index contributed by atoms with van der Waals surface area (Å²) >= 11 is 0. The lowest BCUT2D eigenvalue weighted by Crippen LogP contribution is -2.17. The molecule has 4 N–H and O–H groups in total. The van der Waals surface area contributed by atoms with Gasteiger partial charge in [-0.25, -0.2) is 22.6 Å². The molecule has 0 spiro atoms. The highest BCUT2D eigenvalue weighted by Crippen LogP contribution is 2.23. The minimum absolute atomic E-state index is 0.000769. The number of hydrogen-bond acceptors (Lipinski definition) is 5. The summed E-state index contributed by atoms with van der Waals surface area (Å²) in [5.41, 5.74) is 6.34. The normalized spacial score (nSPS) is 11.4. The van der Waals surface area contributed by atoms with E-state index >= 15 is 0 Å². The van der Waals surface area contributed by atoms with Gasteiger partial charge in [0.2, 0.25) is 10.0 Å². The maximum absolute atomic E-state index is 13.0. The molecule has 2 aromatic carbocycles. The first-order valence-electron chi connectivity index (χ1n) is 7.05. The van der Waals surface area contributed by atoms with Gasteiger partial charge in [0.25, 0.3) is 0 Å². The average molecular weight is 360 g/mol. The molecule has 7 nitrogen and oxygen atoms in total. The van der Waals surface area contributed by atoms with E-state index in [-0.39, 0.29) is 21.8 Å². The van der Waals surface area contributed by atoms with Crippen molar-refractivity contribution in [2.75, 3.05) is 5.73 Å². The number of nitrogens with two attached hydrogens (primary N) is 2. The molecule has 0 unspecified atom stereocenters. The van der Waals surface area contributed by atoms with Gasteiger partial charge in [-0.1, -0.05) is 12.1 Å². The predicted molar refractivity (Wildman–Crippen MR) is 89.2 cm³/mol. The van der Waals surface area contributed by atoms with Gasteiger partial charge in [0.1, 0.15) is 11.6 Å². The van der Waals surface area contributed by atoms with Crippen LogP contribution in [0.1, 0.15) is 15.9 Å². The second kappa shape index (κ2) is 6.11. The molecule has 25 heavy (non-hydrogen) atoms. The average Bonchev–Trinajstić information content (AvgIpc) is 2.96. The lowest BCUT2D eigenvalue weighted by Gasteiger charge is -2.07. The molecule has 0 saturated heterocycles. The molecule has 3 aromatic rings. The second-order valence-corrected chi connectivity index (χ2v) is 6.73. The molecule has 1 heterocycles. The Bertz CT molecular complexity index is 1060. The number of nitrogen functional groups attached to an aromatic ring is 1. The summed E-state index contributed by atoms with van der Waals surface area (Å²) in [5, 5.41) is 9.18. The van der Waals surface area contributed by atoms with Gasteiger partial charge >= 0.3 is 0 Å². The van der Waals surface area contributed by atoms with Crippen LogP contribution in [0.3, 0.4) is 0 Å². The Hall–Kier alpha value is -3.04. The van der Waals surface area contributed by atoms with Crippen LogP contribution in [-0.4, -0.2) is 24.0 Å². The molecule has 1 aromatic heterocycles. The Morgan fingerprint density at radius 2 is 1.68 bits per heavy atom. The van der Waals surface area contributed by atoms with Crippen molar-refractivity contribution in [1.29, 1.82) is 0 Å². The van der Waals surface area contributed by atoms with Crippen LogP contribution in [-0.2, 0) is 10.0 Å². The molecule has 3 rings (SSSR count). The van der Waals surface area contributed by atoms with Gasteiger partial charge in [-0.15, -0.1) is 0 Å². The maximum atomic E-state index is 13.0. The number of primary sulfonamides is 1. The van der Waals surface area contributed by atoms with Gasteiger partial charge < -0.3 is 5.73 Å². The number of nitrogens with zero attached hydrogens (tertiary/aromatic N) is 2. The van der Waals surface area contributed by atoms with Crippen LogP contribution in [0.15, 0.2) is 59.6 Å². The Morgan fingerprint density at radius 1 is 1.04 bits per heavy atom. The SMILES string of the molecule is Nc1c(C(=O)c2ccccc2S(N)(=O)=O)cnn1-c1ccc(F)cc1. The monoisotopic (exact) mass is 360 g/mol. The fraction of sp³-hybridized carbons (Fsp3) is 0. The van der Waals surface area contributed by atoms with Crippen LogP contribution < -0.4 is 10.9 Å². The third kappa shape index (κ3) is 3.14. The van der Waals surface area contributed by atoms with Gasteiger partial charge in [0.15, 0.2) is 5.78 Å². The predicted octanol–water partition coefficient (Wildman–Crippen LogP) is 1.47. The third-order valence-electron chi connectivity index (χ3n) is 3.56. The van der Waals surface area contributed by atoms with Crippen molar-refractivity contribution in [3.63, 3.8) is 0 Å². The van der Waals surface area contributed by atoms with E-state index in [1.165, 1.54) is 59.4 Å². The first-order chi connectivity index (χ1) is 11.8. The quantitative estimate of drug-likeness (QED) is 0.683. The molecule has 0 saturated carbocycles. The number of rotatable bonds is 4. The molecule has 0 bridgehead atoms. The number of anilines is 1. The summed E-state index contributed by atoms with van der Waals surface area (Å²) in [6.45, 7) is 0. The summed E-state index contributed by atoms with van der Waals surface area (Å²) in [7, 11) is -4.08. The van der Waals surface area contributed by atoms with E-state index in [4.69, 9.17) is 10.9 Å². The minimum atomic E-state index is -4.08. The van der Waals surface area contributed by atoms with E-state index in [2.05, 4.69) is 5.10 Å². The molecule has 0 amide bonds. The zero-order valence-corrected chi connectivity index (χ0v) is 13.6. The number of carbonyl (C=O) groups is 1. The van der Waals surface area contributed by atoms with E-state index in [1.807, 2.05) is 0 Å².